The molecule has 0 spiro atoms. The van der Waals surface area contributed by atoms with E-state index in [9.17, 15) is 17.6 Å². The summed E-state index contributed by atoms with van der Waals surface area (Å²) in [6.45, 7) is 0. The number of halogens is 5. The molecule has 1 fully saturated rings. The van der Waals surface area contributed by atoms with Gasteiger partial charge in [-0.1, -0.05) is 23.7 Å². The summed E-state index contributed by atoms with van der Waals surface area (Å²) in [5.41, 5.74) is 1.30. The quantitative estimate of drug-likeness (QED) is 0.452. The molecular formula is C20H15ClF4N4O. The smallest absolute Gasteiger partial charge is 0.406 e. The summed E-state index contributed by atoms with van der Waals surface area (Å²) in [5.74, 6) is -0.209. The van der Waals surface area contributed by atoms with Crippen LogP contribution in [-0.2, 0) is 0 Å². The van der Waals surface area contributed by atoms with Crippen molar-refractivity contribution in [3.05, 3.63) is 59.4 Å². The summed E-state index contributed by atoms with van der Waals surface area (Å²) in [6.07, 6.45) is -2.82. The largest absolute Gasteiger partial charge is 0.573 e. The molecule has 1 saturated carbocycles. The van der Waals surface area contributed by atoms with Crippen molar-refractivity contribution in [3.8, 4) is 17.0 Å². The summed E-state index contributed by atoms with van der Waals surface area (Å²) in [6, 6.07) is 11.5. The molecule has 1 aliphatic rings. The van der Waals surface area contributed by atoms with Gasteiger partial charge in [-0.2, -0.15) is 4.98 Å². The van der Waals surface area contributed by atoms with Crippen LogP contribution in [0.15, 0.2) is 48.5 Å². The van der Waals surface area contributed by atoms with Gasteiger partial charge < -0.3 is 15.4 Å². The molecule has 156 valence electrons. The summed E-state index contributed by atoms with van der Waals surface area (Å²) in [7, 11) is 0. The molecule has 1 aliphatic carbocycles. The normalized spacial score (nSPS) is 13.8. The second-order valence-electron chi connectivity index (χ2n) is 6.71. The number of nitrogens with one attached hydrogen (secondary N) is 2. The highest BCUT2D eigenvalue weighted by atomic mass is 35.5. The van der Waals surface area contributed by atoms with Crippen molar-refractivity contribution in [3.63, 3.8) is 0 Å². The van der Waals surface area contributed by atoms with Gasteiger partial charge in [0.1, 0.15) is 17.4 Å². The third-order valence-corrected chi connectivity index (χ3v) is 4.48. The van der Waals surface area contributed by atoms with Crippen LogP contribution in [0.1, 0.15) is 12.8 Å². The third kappa shape index (κ3) is 5.29. The van der Waals surface area contributed by atoms with E-state index >= 15 is 0 Å². The SMILES string of the molecule is Fc1ccc(Nc2cc(-c3cccc(OC(F)(F)F)c3)nc(NC3CC3)n2)cc1Cl. The maximum absolute atomic E-state index is 13.4. The Hall–Kier alpha value is -3.07. The fourth-order valence-corrected chi connectivity index (χ4v) is 2.89. The van der Waals surface area contributed by atoms with Crippen molar-refractivity contribution in [1.29, 1.82) is 0 Å². The van der Waals surface area contributed by atoms with Gasteiger partial charge in [-0.3, -0.25) is 0 Å². The van der Waals surface area contributed by atoms with Gasteiger partial charge in [0.25, 0.3) is 0 Å². The lowest BCUT2D eigenvalue weighted by atomic mass is 10.1. The number of benzene rings is 2. The molecule has 0 saturated heterocycles. The van der Waals surface area contributed by atoms with Crippen molar-refractivity contribution in [2.45, 2.75) is 25.2 Å². The van der Waals surface area contributed by atoms with Gasteiger partial charge in [0.05, 0.1) is 10.7 Å². The summed E-state index contributed by atoms with van der Waals surface area (Å²) in [4.78, 5) is 8.80. The minimum absolute atomic E-state index is 0.0531. The number of ether oxygens (including phenoxy) is 1. The zero-order valence-corrected chi connectivity index (χ0v) is 16.1. The average Bonchev–Trinajstić information content (AvgIpc) is 3.47. The van der Waals surface area contributed by atoms with Crippen LogP contribution in [0.25, 0.3) is 11.3 Å². The Balaban J connectivity index is 1.67. The lowest BCUT2D eigenvalue weighted by Crippen LogP contribution is -2.17. The van der Waals surface area contributed by atoms with E-state index in [-0.39, 0.29) is 16.8 Å². The molecule has 10 heteroatoms. The minimum atomic E-state index is -4.79. The maximum Gasteiger partial charge on any atom is 0.573 e. The van der Waals surface area contributed by atoms with Crippen LogP contribution in [0, 0.1) is 5.82 Å². The minimum Gasteiger partial charge on any atom is -0.406 e. The molecule has 1 heterocycles. The predicted molar refractivity (Wildman–Crippen MR) is 105 cm³/mol. The number of nitrogens with zero attached hydrogens (tertiary/aromatic N) is 2. The van der Waals surface area contributed by atoms with Gasteiger partial charge in [0.2, 0.25) is 5.95 Å². The van der Waals surface area contributed by atoms with E-state index in [4.69, 9.17) is 11.6 Å². The van der Waals surface area contributed by atoms with Gasteiger partial charge in [0.15, 0.2) is 0 Å². The highest BCUT2D eigenvalue weighted by Crippen LogP contribution is 2.31. The molecule has 0 atom stereocenters. The molecule has 0 amide bonds. The van der Waals surface area contributed by atoms with E-state index < -0.39 is 12.2 Å². The highest BCUT2D eigenvalue weighted by Gasteiger charge is 2.31. The van der Waals surface area contributed by atoms with Gasteiger partial charge in [-0.15, -0.1) is 13.2 Å². The number of anilines is 3. The lowest BCUT2D eigenvalue weighted by Gasteiger charge is -2.13. The van der Waals surface area contributed by atoms with Gasteiger partial charge in [0, 0.05) is 23.4 Å². The Bertz CT molecular complexity index is 1070. The van der Waals surface area contributed by atoms with E-state index in [0.29, 0.717) is 28.7 Å². The fourth-order valence-electron chi connectivity index (χ4n) is 2.71. The Morgan fingerprint density at radius 2 is 1.83 bits per heavy atom. The first-order valence-electron chi connectivity index (χ1n) is 8.99. The molecule has 4 rings (SSSR count). The second kappa shape index (κ2) is 7.98. The summed E-state index contributed by atoms with van der Waals surface area (Å²) >= 11 is 5.82. The van der Waals surface area contributed by atoms with Crippen molar-refractivity contribution in [2.24, 2.45) is 0 Å². The molecular weight excluding hydrogens is 424 g/mol. The molecule has 5 nitrogen and oxygen atoms in total. The van der Waals surface area contributed by atoms with Crippen molar-refractivity contribution in [2.75, 3.05) is 10.6 Å². The average molecular weight is 439 g/mol. The number of rotatable bonds is 6. The third-order valence-electron chi connectivity index (χ3n) is 4.19. The molecule has 0 radical (unpaired) electrons. The number of hydrogen-bond acceptors (Lipinski definition) is 5. The molecule has 0 aliphatic heterocycles. The molecule has 0 bridgehead atoms. The van der Waals surface area contributed by atoms with Crippen LogP contribution < -0.4 is 15.4 Å². The zero-order chi connectivity index (χ0) is 21.3. The van der Waals surface area contributed by atoms with Crippen LogP contribution >= 0.6 is 11.6 Å². The second-order valence-corrected chi connectivity index (χ2v) is 7.12. The fraction of sp³-hybridized carbons (Fsp3) is 0.200. The molecule has 3 aromatic rings. The Morgan fingerprint density at radius 1 is 1.03 bits per heavy atom. The van der Waals surface area contributed by atoms with Crippen LogP contribution in [-0.4, -0.2) is 22.4 Å². The first kappa shape index (κ1) is 20.2. The zero-order valence-electron chi connectivity index (χ0n) is 15.3. The van der Waals surface area contributed by atoms with Crippen LogP contribution in [0.3, 0.4) is 0 Å². The van der Waals surface area contributed by atoms with Crippen LogP contribution in [0.2, 0.25) is 5.02 Å². The molecule has 2 aromatic carbocycles. The van der Waals surface area contributed by atoms with E-state index in [2.05, 4.69) is 25.3 Å². The number of aromatic nitrogens is 2. The van der Waals surface area contributed by atoms with Crippen LogP contribution in [0.5, 0.6) is 5.75 Å². The van der Waals surface area contributed by atoms with E-state index in [1.54, 1.807) is 12.1 Å². The molecule has 2 N–H and O–H groups in total. The van der Waals surface area contributed by atoms with Gasteiger partial charge in [-0.05, 0) is 43.2 Å². The van der Waals surface area contributed by atoms with Crippen LogP contribution in [0.4, 0.5) is 35.0 Å². The van der Waals surface area contributed by atoms with E-state index in [0.717, 1.165) is 12.8 Å². The first-order valence-corrected chi connectivity index (χ1v) is 9.37. The summed E-state index contributed by atoms with van der Waals surface area (Å²) in [5, 5.41) is 6.13. The Kier molecular flexibility index (Phi) is 5.38. The molecule has 0 unspecified atom stereocenters. The van der Waals surface area contributed by atoms with Crippen molar-refractivity contribution in [1.82, 2.24) is 9.97 Å². The number of alkyl halides is 3. The predicted octanol–water partition coefficient (Wildman–Crippen LogP) is 6.15. The molecule has 30 heavy (non-hydrogen) atoms. The highest BCUT2D eigenvalue weighted by molar-refractivity contribution is 6.31. The topological polar surface area (TPSA) is 59.1 Å². The summed E-state index contributed by atoms with van der Waals surface area (Å²) < 4.78 is 55.1. The van der Waals surface area contributed by atoms with Crippen molar-refractivity contribution < 1.29 is 22.3 Å². The van der Waals surface area contributed by atoms with Gasteiger partial charge in [-0.25, -0.2) is 9.37 Å². The standard InChI is InChI=1S/C20H15ClF4N4O/c21-15-9-13(6-7-16(15)22)26-18-10-17(28-19(29-18)27-12-4-5-12)11-2-1-3-14(8-11)30-20(23,24)25/h1-3,6-10,12H,4-5H2,(H2,26,27,28,29). The van der Waals surface area contributed by atoms with Crippen molar-refractivity contribution >= 4 is 29.1 Å². The van der Waals surface area contributed by atoms with E-state index in [1.165, 1.54) is 36.4 Å². The first-order chi connectivity index (χ1) is 14.2. The Morgan fingerprint density at radius 3 is 2.53 bits per heavy atom. The van der Waals surface area contributed by atoms with Gasteiger partial charge >= 0.3 is 6.36 Å². The lowest BCUT2D eigenvalue weighted by molar-refractivity contribution is -0.274. The maximum atomic E-state index is 13.4. The Labute approximate surface area is 174 Å². The number of hydrogen-bond donors (Lipinski definition) is 2. The molecule has 1 aromatic heterocycles. The van der Waals surface area contributed by atoms with E-state index in [1.807, 2.05) is 0 Å². The monoisotopic (exact) mass is 438 g/mol.